The average molecular weight is 601 g/mol. The van der Waals surface area contributed by atoms with Crippen LogP contribution in [0.25, 0.3) is 0 Å². The number of rotatable bonds is 8. The lowest BCUT2D eigenvalue weighted by molar-refractivity contribution is 0.0373. The van der Waals surface area contributed by atoms with Crippen molar-refractivity contribution in [2.75, 3.05) is 36.8 Å². The van der Waals surface area contributed by atoms with Crippen LogP contribution in [0, 0.1) is 5.92 Å². The summed E-state index contributed by atoms with van der Waals surface area (Å²) >= 11 is 5.93. The fourth-order valence-corrected chi connectivity index (χ4v) is 5.64. The van der Waals surface area contributed by atoms with Crippen molar-refractivity contribution in [2.24, 2.45) is 5.92 Å². The lowest BCUT2D eigenvalue weighted by atomic mass is 9.99. The minimum absolute atomic E-state index is 0.0190. The van der Waals surface area contributed by atoms with Gasteiger partial charge in [0.2, 0.25) is 0 Å². The fourth-order valence-electron chi connectivity index (χ4n) is 4.45. The molecule has 1 aliphatic heterocycles. The van der Waals surface area contributed by atoms with E-state index in [2.05, 4.69) is 10.0 Å². The van der Waals surface area contributed by atoms with Gasteiger partial charge in [-0.05, 0) is 55.5 Å². The van der Waals surface area contributed by atoms with Gasteiger partial charge in [-0.1, -0.05) is 42.8 Å². The summed E-state index contributed by atoms with van der Waals surface area (Å²) < 4.78 is 35.4. The molecule has 0 unspecified atom stereocenters. The molecule has 0 bridgehead atoms. The fraction of sp³-hybridized carbons (Fsp3) is 0.310. The highest BCUT2D eigenvalue weighted by Gasteiger charge is 2.35. The van der Waals surface area contributed by atoms with Gasteiger partial charge in [0.15, 0.2) is 5.75 Å². The molecule has 1 aliphatic rings. The number of benzene rings is 3. The Bertz CT molecular complexity index is 1490. The molecular formula is C29H33ClN4O6S. The number of likely N-dealkylation sites (N-methyl/N-ethyl adjacent to an activating group) is 1. The summed E-state index contributed by atoms with van der Waals surface area (Å²) in [7, 11) is -2.44. The quantitative estimate of drug-likeness (QED) is 0.349. The lowest BCUT2D eigenvalue weighted by Gasteiger charge is -2.38. The summed E-state index contributed by atoms with van der Waals surface area (Å²) in [6.07, 6.45) is -0.636. The maximum Gasteiger partial charge on any atom is 0.321 e. The van der Waals surface area contributed by atoms with E-state index in [9.17, 15) is 23.1 Å². The smallest absolute Gasteiger partial charge is 0.321 e. The van der Waals surface area contributed by atoms with Crippen LogP contribution in [0.1, 0.15) is 24.2 Å². The largest absolute Gasteiger partial charge is 0.485 e. The van der Waals surface area contributed by atoms with Gasteiger partial charge in [-0.25, -0.2) is 13.2 Å². The first-order valence-corrected chi connectivity index (χ1v) is 14.9. The normalized spacial score (nSPS) is 17.9. The van der Waals surface area contributed by atoms with Crippen LogP contribution in [0.15, 0.2) is 77.7 Å². The maximum atomic E-state index is 13.7. The number of anilines is 2. The van der Waals surface area contributed by atoms with E-state index in [-0.39, 0.29) is 53.5 Å². The minimum Gasteiger partial charge on any atom is -0.485 e. The molecule has 3 amide bonds. The number of carbonyl (C=O) groups excluding carboxylic acids is 2. The molecule has 3 aromatic rings. The lowest BCUT2D eigenvalue weighted by Crippen LogP contribution is -2.50. The molecule has 41 heavy (non-hydrogen) atoms. The first kappa shape index (κ1) is 30.2. The third-order valence-corrected chi connectivity index (χ3v) is 8.52. The first-order valence-electron chi connectivity index (χ1n) is 13.1. The van der Waals surface area contributed by atoms with Crippen LogP contribution in [-0.4, -0.2) is 74.2 Å². The number of nitrogens with zero attached hydrogens (tertiary/aromatic N) is 2. The van der Waals surface area contributed by atoms with E-state index in [1.165, 1.54) is 35.2 Å². The third-order valence-electron chi connectivity index (χ3n) is 6.88. The number of carbonyl (C=O) groups is 2. The number of amides is 3. The number of aliphatic hydroxyl groups excluding tert-OH is 1. The summed E-state index contributed by atoms with van der Waals surface area (Å²) in [5.74, 6) is -0.665. The van der Waals surface area contributed by atoms with E-state index in [1.807, 2.05) is 25.1 Å². The molecule has 10 nitrogen and oxygen atoms in total. The van der Waals surface area contributed by atoms with E-state index < -0.39 is 28.1 Å². The Kier molecular flexibility index (Phi) is 9.42. The van der Waals surface area contributed by atoms with Crippen molar-refractivity contribution < 1.29 is 27.9 Å². The molecule has 0 saturated heterocycles. The Labute approximate surface area is 244 Å². The molecule has 0 aliphatic carbocycles. The zero-order valence-electron chi connectivity index (χ0n) is 23.0. The van der Waals surface area contributed by atoms with Gasteiger partial charge >= 0.3 is 6.03 Å². The molecular weight excluding hydrogens is 568 g/mol. The number of hydrogen-bond donors (Lipinski definition) is 3. The van der Waals surface area contributed by atoms with E-state index in [0.29, 0.717) is 10.7 Å². The molecule has 0 aromatic heterocycles. The van der Waals surface area contributed by atoms with Crippen molar-refractivity contribution in [3.8, 4) is 5.75 Å². The van der Waals surface area contributed by atoms with E-state index >= 15 is 0 Å². The number of nitrogens with one attached hydrogen (secondary N) is 2. The standard InChI is InChI=1S/C29H33ClN4O6S/c1-19-16-34(20(2)18-35)28(36)24-10-7-11-25(32-41(38,39)23-14-12-21(30)13-15-23)27(24)40-26(19)17-33(3)29(37)31-22-8-5-4-6-9-22/h4-15,19-20,26,32,35H,16-18H2,1-3H3,(H,31,37)/t19-,20-,26-/m1/s1. The molecule has 3 atom stereocenters. The van der Waals surface area contributed by atoms with Gasteiger partial charge in [-0.15, -0.1) is 0 Å². The number of sulfonamides is 1. The van der Waals surface area contributed by atoms with Gasteiger partial charge in [0.25, 0.3) is 15.9 Å². The molecule has 4 rings (SSSR count). The van der Waals surface area contributed by atoms with Crippen molar-refractivity contribution >= 4 is 44.9 Å². The van der Waals surface area contributed by atoms with Gasteiger partial charge in [0.05, 0.1) is 35.3 Å². The third kappa shape index (κ3) is 7.10. The summed E-state index contributed by atoms with van der Waals surface area (Å²) in [5, 5.41) is 13.1. The zero-order chi connectivity index (χ0) is 29.7. The molecule has 0 saturated carbocycles. The predicted octanol–water partition coefficient (Wildman–Crippen LogP) is 4.52. The highest BCUT2D eigenvalue weighted by Crippen LogP contribution is 2.36. The average Bonchev–Trinajstić information content (AvgIpc) is 2.95. The Balaban J connectivity index is 1.69. The monoisotopic (exact) mass is 600 g/mol. The second-order valence-electron chi connectivity index (χ2n) is 10.0. The van der Waals surface area contributed by atoms with Crippen molar-refractivity contribution in [3.63, 3.8) is 0 Å². The molecule has 0 spiro atoms. The molecule has 218 valence electrons. The van der Waals surface area contributed by atoms with Gasteiger partial charge in [0.1, 0.15) is 6.10 Å². The Hall–Kier alpha value is -3.80. The number of halogens is 1. The van der Waals surface area contributed by atoms with Crippen molar-refractivity contribution in [1.82, 2.24) is 9.80 Å². The SMILES string of the molecule is C[C@@H]1CN([C@H](C)CO)C(=O)c2cccc(NS(=O)(=O)c3ccc(Cl)cc3)c2O[C@@H]1CN(C)C(=O)Nc1ccccc1. The van der Waals surface area contributed by atoms with Crippen LogP contribution in [0.3, 0.4) is 0 Å². The van der Waals surface area contributed by atoms with Crippen LogP contribution in [0.4, 0.5) is 16.2 Å². The molecule has 3 N–H and O–H groups in total. The van der Waals surface area contributed by atoms with Crippen molar-refractivity contribution in [1.29, 1.82) is 0 Å². The van der Waals surface area contributed by atoms with Crippen LogP contribution in [0.5, 0.6) is 5.75 Å². The number of fused-ring (bicyclic) bond motifs is 1. The summed E-state index contributed by atoms with van der Waals surface area (Å²) in [4.78, 5) is 29.6. The Morgan fingerprint density at radius 3 is 2.46 bits per heavy atom. The van der Waals surface area contributed by atoms with Crippen LogP contribution < -0.4 is 14.8 Å². The number of aliphatic hydroxyl groups is 1. The van der Waals surface area contributed by atoms with Crippen LogP contribution >= 0.6 is 11.6 Å². The van der Waals surface area contributed by atoms with Gasteiger partial charge in [-0.2, -0.15) is 0 Å². The molecule has 0 fully saturated rings. The van der Waals surface area contributed by atoms with E-state index in [4.69, 9.17) is 16.3 Å². The topological polar surface area (TPSA) is 128 Å². The second-order valence-corrected chi connectivity index (χ2v) is 12.2. The van der Waals surface area contributed by atoms with Gasteiger partial charge in [-0.3, -0.25) is 9.52 Å². The second kappa shape index (κ2) is 12.8. The van der Waals surface area contributed by atoms with E-state index in [0.717, 1.165) is 0 Å². The Morgan fingerprint density at radius 1 is 1.12 bits per heavy atom. The maximum absolute atomic E-state index is 13.7. The minimum atomic E-state index is -4.07. The highest BCUT2D eigenvalue weighted by molar-refractivity contribution is 7.92. The summed E-state index contributed by atoms with van der Waals surface area (Å²) in [5.41, 5.74) is 0.835. The Morgan fingerprint density at radius 2 is 1.80 bits per heavy atom. The van der Waals surface area contributed by atoms with Crippen molar-refractivity contribution in [3.05, 3.63) is 83.4 Å². The highest BCUT2D eigenvalue weighted by atomic mass is 35.5. The first-order chi connectivity index (χ1) is 19.5. The number of hydrogen-bond acceptors (Lipinski definition) is 6. The van der Waals surface area contributed by atoms with E-state index in [1.54, 1.807) is 43.1 Å². The zero-order valence-corrected chi connectivity index (χ0v) is 24.5. The summed E-state index contributed by atoms with van der Waals surface area (Å²) in [6.45, 7) is 3.73. The molecule has 12 heteroatoms. The summed E-state index contributed by atoms with van der Waals surface area (Å²) in [6, 6.07) is 18.4. The molecule has 1 heterocycles. The van der Waals surface area contributed by atoms with Crippen LogP contribution in [-0.2, 0) is 10.0 Å². The number of ether oxygens (including phenoxy) is 1. The van der Waals surface area contributed by atoms with Crippen molar-refractivity contribution in [2.45, 2.75) is 30.9 Å². The number of urea groups is 1. The van der Waals surface area contributed by atoms with Gasteiger partial charge < -0.3 is 25.0 Å². The van der Waals surface area contributed by atoms with Gasteiger partial charge in [0, 0.05) is 30.2 Å². The molecule has 3 aromatic carbocycles. The number of para-hydroxylation sites is 2. The molecule has 0 radical (unpaired) electrons. The predicted molar refractivity (Wildman–Crippen MR) is 158 cm³/mol. The van der Waals surface area contributed by atoms with Crippen LogP contribution in [0.2, 0.25) is 5.02 Å².